The minimum Gasteiger partial charge on any atom is -0.481 e. The van der Waals surface area contributed by atoms with Crippen LogP contribution in [0.2, 0.25) is 0 Å². The molecule has 170 valence electrons. The maximum atomic E-state index is 12.3. The van der Waals surface area contributed by atoms with Gasteiger partial charge in [-0.15, -0.1) is 0 Å². The fourth-order valence-electron chi connectivity index (χ4n) is 3.89. The molecular weight excluding hydrogens is 406 g/mol. The van der Waals surface area contributed by atoms with Gasteiger partial charge in [-0.25, -0.2) is 0 Å². The molecule has 2 aromatic rings. The summed E-state index contributed by atoms with van der Waals surface area (Å²) in [6.07, 6.45) is 7.63. The second-order valence-electron chi connectivity index (χ2n) is 8.07. The summed E-state index contributed by atoms with van der Waals surface area (Å²) in [6.45, 7) is 0.664. The zero-order valence-electron chi connectivity index (χ0n) is 18.2. The number of carbonyl (C=O) groups excluding carboxylic acids is 1. The van der Waals surface area contributed by atoms with Crippen LogP contribution in [-0.4, -0.2) is 39.6 Å². The average molecular weight is 438 g/mol. The van der Waals surface area contributed by atoms with Crippen molar-refractivity contribution in [3.05, 3.63) is 72.3 Å². The van der Waals surface area contributed by atoms with Crippen LogP contribution in [0.1, 0.15) is 56.6 Å². The van der Waals surface area contributed by atoms with Crippen LogP contribution in [0.15, 0.2) is 66.7 Å². The van der Waals surface area contributed by atoms with Crippen molar-refractivity contribution in [3.8, 4) is 11.5 Å². The first kappa shape index (κ1) is 23.5. The molecule has 1 amide bonds. The quantitative estimate of drug-likeness (QED) is 0.357. The van der Waals surface area contributed by atoms with E-state index in [1.807, 2.05) is 65.6 Å². The molecular formula is C26H31NO5. The van der Waals surface area contributed by atoms with Crippen molar-refractivity contribution in [3.63, 3.8) is 0 Å². The van der Waals surface area contributed by atoms with E-state index in [2.05, 4.69) is 0 Å². The van der Waals surface area contributed by atoms with E-state index in [-0.39, 0.29) is 18.4 Å². The Labute approximate surface area is 189 Å². The molecule has 6 nitrogen and oxygen atoms in total. The average Bonchev–Trinajstić information content (AvgIpc) is 3.14. The van der Waals surface area contributed by atoms with Crippen LogP contribution in [0.25, 0.3) is 0 Å². The maximum absolute atomic E-state index is 12.3. The minimum absolute atomic E-state index is 0.0140. The second kappa shape index (κ2) is 12.1. The highest BCUT2D eigenvalue weighted by Crippen LogP contribution is 2.26. The highest BCUT2D eigenvalue weighted by molar-refractivity contribution is 5.79. The molecule has 1 aliphatic heterocycles. The number of ether oxygens (including phenoxy) is 1. The topological polar surface area (TPSA) is 87.1 Å². The van der Waals surface area contributed by atoms with E-state index in [1.165, 1.54) is 0 Å². The van der Waals surface area contributed by atoms with Crippen LogP contribution in [0, 0.1) is 0 Å². The number of carboxylic acid groups (broad SMARTS) is 1. The van der Waals surface area contributed by atoms with E-state index >= 15 is 0 Å². The van der Waals surface area contributed by atoms with Crippen molar-refractivity contribution in [2.24, 2.45) is 0 Å². The first-order chi connectivity index (χ1) is 15.5. The van der Waals surface area contributed by atoms with Gasteiger partial charge in [0.1, 0.15) is 11.5 Å². The molecule has 0 aliphatic carbocycles. The van der Waals surface area contributed by atoms with Crippen LogP contribution in [-0.2, 0) is 9.59 Å². The zero-order valence-corrected chi connectivity index (χ0v) is 18.2. The lowest BCUT2D eigenvalue weighted by Gasteiger charge is -2.22. The smallest absolute Gasteiger partial charge is 0.303 e. The van der Waals surface area contributed by atoms with Gasteiger partial charge < -0.3 is 19.8 Å². The summed E-state index contributed by atoms with van der Waals surface area (Å²) in [6, 6.07) is 16.8. The molecule has 1 saturated heterocycles. The van der Waals surface area contributed by atoms with Gasteiger partial charge in [0.05, 0.1) is 12.1 Å². The normalized spacial score (nSPS) is 17.1. The van der Waals surface area contributed by atoms with Gasteiger partial charge in [-0.2, -0.15) is 0 Å². The third-order valence-electron chi connectivity index (χ3n) is 5.61. The fraction of sp³-hybridized carbons (Fsp3) is 0.385. The number of carbonyl (C=O) groups is 2. The number of hydrogen-bond acceptors (Lipinski definition) is 4. The van der Waals surface area contributed by atoms with Crippen molar-refractivity contribution in [1.82, 2.24) is 4.90 Å². The summed E-state index contributed by atoms with van der Waals surface area (Å²) in [7, 11) is 0. The summed E-state index contributed by atoms with van der Waals surface area (Å²) in [5, 5.41) is 19.3. The van der Waals surface area contributed by atoms with E-state index in [0.717, 1.165) is 37.0 Å². The molecule has 0 saturated carbocycles. The van der Waals surface area contributed by atoms with E-state index in [1.54, 1.807) is 6.08 Å². The Morgan fingerprint density at radius 2 is 1.81 bits per heavy atom. The zero-order chi connectivity index (χ0) is 22.8. The first-order valence-corrected chi connectivity index (χ1v) is 11.2. The monoisotopic (exact) mass is 437 g/mol. The number of likely N-dealkylation sites (tertiary alicyclic amines) is 1. The number of nitrogens with zero attached hydrogens (tertiary/aromatic N) is 1. The Morgan fingerprint density at radius 3 is 2.59 bits per heavy atom. The lowest BCUT2D eigenvalue weighted by molar-refractivity contribution is -0.137. The Balaban J connectivity index is 1.52. The van der Waals surface area contributed by atoms with Crippen LogP contribution < -0.4 is 4.74 Å². The summed E-state index contributed by atoms with van der Waals surface area (Å²) in [4.78, 5) is 24.7. The van der Waals surface area contributed by atoms with E-state index in [0.29, 0.717) is 25.1 Å². The van der Waals surface area contributed by atoms with Crippen molar-refractivity contribution < 1.29 is 24.5 Å². The van der Waals surface area contributed by atoms with Crippen molar-refractivity contribution in [2.75, 3.05) is 6.54 Å². The first-order valence-electron chi connectivity index (χ1n) is 11.2. The molecule has 0 aromatic heterocycles. The Kier molecular flexibility index (Phi) is 8.87. The van der Waals surface area contributed by atoms with Gasteiger partial charge in [0.25, 0.3) is 0 Å². The molecule has 2 N–H and O–H groups in total. The number of aliphatic carboxylic acids is 1. The molecule has 2 aromatic carbocycles. The highest BCUT2D eigenvalue weighted by atomic mass is 16.5. The largest absolute Gasteiger partial charge is 0.481 e. The number of amides is 1. The lowest BCUT2D eigenvalue weighted by atomic mass is 10.1. The number of aliphatic hydroxyl groups excluding tert-OH is 1. The van der Waals surface area contributed by atoms with E-state index in [4.69, 9.17) is 9.84 Å². The molecule has 1 fully saturated rings. The summed E-state index contributed by atoms with van der Waals surface area (Å²) >= 11 is 0. The molecule has 1 unspecified atom stereocenters. The van der Waals surface area contributed by atoms with Crippen molar-refractivity contribution in [1.29, 1.82) is 0 Å². The number of aliphatic hydroxyl groups is 1. The molecule has 0 radical (unpaired) electrons. The lowest BCUT2D eigenvalue weighted by Crippen LogP contribution is -2.32. The predicted octanol–water partition coefficient (Wildman–Crippen LogP) is 5.09. The summed E-state index contributed by atoms with van der Waals surface area (Å²) in [5.41, 5.74) is 0.726. The van der Waals surface area contributed by atoms with Gasteiger partial charge in [0.2, 0.25) is 5.91 Å². The number of benzene rings is 2. The van der Waals surface area contributed by atoms with Crippen LogP contribution in [0.3, 0.4) is 0 Å². The maximum Gasteiger partial charge on any atom is 0.303 e. The molecule has 32 heavy (non-hydrogen) atoms. The molecule has 0 spiro atoms. The molecule has 3 rings (SSSR count). The predicted molar refractivity (Wildman–Crippen MR) is 123 cm³/mol. The fourth-order valence-corrected chi connectivity index (χ4v) is 3.89. The standard InChI is InChI=1S/C26H31NO5/c28-24(20-9-8-12-23(19-20)32-22-10-4-3-5-11-22)16-14-21-15-17-25(29)27(21)18-7-2-1-6-13-26(30)31/h3-5,8-12,14,16,19,21,24,28H,1-2,6-7,13,15,17-18H2,(H,30,31)/b16-14+/t21?,24-/m1/s1. The van der Waals surface area contributed by atoms with Gasteiger partial charge in [-0.1, -0.05) is 55.3 Å². The number of rotatable bonds is 12. The molecule has 0 bridgehead atoms. The highest BCUT2D eigenvalue weighted by Gasteiger charge is 2.28. The van der Waals surface area contributed by atoms with Gasteiger partial charge >= 0.3 is 5.97 Å². The molecule has 1 aliphatic rings. The number of carboxylic acids is 1. The Hall–Kier alpha value is -3.12. The van der Waals surface area contributed by atoms with Gasteiger partial charge in [-0.05, 0) is 49.1 Å². The van der Waals surface area contributed by atoms with Crippen molar-refractivity contribution >= 4 is 11.9 Å². The van der Waals surface area contributed by atoms with Crippen LogP contribution >= 0.6 is 0 Å². The van der Waals surface area contributed by atoms with Gasteiger partial charge in [-0.3, -0.25) is 9.59 Å². The minimum atomic E-state index is -0.789. The van der Waals surface area contributed by atoms with Crippen molar-refractivity contribution in [2.45, 2.75) is 57.1 Å². The Morgan fingerprint density at radius 1 is 1.06 bits per heavy atom. The Bertz CT molecular complexity index is 911. The summed E-state index contributed by atoms with van der Waals surface area (Å²) in [5.74, 6) is 0.762. The summed E-state index contributed by atoms with van der Waals surface area (Å²) < 4.78 is 5.84. The van der Waals surface area contributed by atoms with E-state index in [9.17, 15) is 14.7 Å². The van der Waals surface area contributed by atoms with Crippen LogP contribution in [0.4, 0.5) is 0 Å². The molecule has 1 heterocycles. The third-order valence-corrected chi connectivity index (χ3v) is 5.61. The SMILES string of the molecule is O=C(O)CCCCCCN1C(=O)CCC1/C=C/[C@@H](O)c1cccc(Oc2ccccc2)c1. The number of hydrogen-bond donors (Lipinski definition) is 2. The molecule has 6 heteroatoms. The van der Waals surface area contributed by atoms with Gasteiger partial charge in [0, 0.05) is 19.4 Å². The van der Waals surface area contributed by atoms with Gasteiger partial charge in [0.15, 0.2) is 0 Å². The molecule has 2 atom stereocenters. The number of para-hydroxylation sites is 1. The number of unbranched alkanes of at least 4 members (excludes halogenated alkanes) is 3. The third kappa shape index (κ3) is 7.24. The second-order valence-corrected chi connectivity index (χ2v) is 8.07. The van der Waals surface area contributed by atoms with Crippen LogP contribution in [0.5, 0.6) is 11.5 Å². The van der Waals surface area contributed by atoms with E-state index < -0.39 is 12.1 Å².